The molecule has 0 aliphatic carbocycles. The van der Waals surface area contributed by atoms with Crippen molar-refractivity contribution in [1.29, 1.82) is 0 Å². The van der Waals surface area contributed by atoms with Crippen LogP contribution in [-0.4, -0.2) is 30.5 Å². The van der Waals surface area contributed by atoms with Gasteiger partial charge in [0.15, 0.2) is 6.61 Å². The Morgan fingerprint density at radius 3 is 2.59 bits per heavy atom. The number of benzene rings is 3. The SMILES string of the molecule is COc1ccc([N+](=O)[O-])cc1NC(=O)COC(=O)Cc1cccc2ccccc12. The number of non-ortho nitro benzene ring substituents is 1. The molecule has 0 heterocycles. The van der Waals surface area contributed by atoms with Crippen molar-refractivity contribution >= 4 is 34.0 Å². The van der Waals surface area contributed by atoms with Crippen molar-refractivity contribution in [2.45, 2.75) is 6.42 Å². The van der Waals surface area contributed by atoms with Gasteiger partial charge in [-0.05, 0) is 22.4 Å². The summed E-state index contributed by atoms with van der Waals surface area (Å²) in [7, 11) is 1.38. The smallest absolute Gasteiger partial charge is 0.310 e. The van der Waals surface area contributed by atoms with Crippen molar-refractivity contribution in [3.63, 3.8) is 0 Å². The molecule has 8 heteroatoms. The van der Waals surface area contributed by atoms with Gasteiger partial charge in [0.2, 0.25) is 0 Å². The first kappa shape index (κ1) is 19.8. The molecule has 29 heavy (non-hydrogen) atoms. The van der Waals surface area contributed by atoms with Crippen LogP contribution in [-0.2, 0) is 20.7 Å². The van der Waals surface area contributed by atoms with Gasteiger partial charge in [0.25, 0.3) is 11.6 Å². The molecule has 0 spiro atoms. The number of anilines is 1. The zero-order chi connectivity index (χ0) is 20.8. The molecule has 3 rings (SSSR count). The topological polar surface area (TPSA) is 108 Å². The van der Waals surface area contributed by atoms with Crippen LogP contribution in [0.25, 0.3) is 10.8 Å². The van der Waals surface area contributed by atoms with Crippen molar-refractivity contribution in [2.75, 3.05) is 19.0 Å². The Morgan fingerprint density at radius 1 is 1.07 bits per heavy atom. The van der Waals surface area contributed by atoms with Crippen LogP contribution in [0.3, 0.4) is 0 Å². The lowest BCUT2D eigenvalue weighted by Crippen LogP contribution is -2.22. The van der Waals surface area contributed by atoms with E-state index in [1.165, 1.54) is 25.3 Å². The number of nitrogens with one attached hydrogen (secondary N) is 1. The second-order valence-electron chi connectivity index (χ2n) is 6.17. The largest absolute Gasteiger partial charge is 0.495 e. The molecule has 0 unspecified atom stereocenters. The second-order valence-corrected chi connectivity index (χ2v) is 6.17. The Labute approximate surface area is 166 Å². The first-order chi connectivity index (χ1) is 14.0. The minimum absolute atomic E-state index is 0.0226. The molecule has 3 aromatic carbocycles. The number of methoxy groups -OCH3 is 1. The molecule has 0 bridgehead atoms. The molecule has 0 radical (unpaired) electrons. The van der Waals surface area contributed by atoms with Crippen LogP contribution in [0.15, 0.2) is 60.7 Å². The Bertz CT molecular complexity index is 1070. The van der Waals surface area contributed by atoms with E-state index in [9.17, 15) is 19.7 Å². The number of nitro benzene ring substituents is 1. The lowest BCUT2D eigenvalue weighted by Gasteiger charge is -2.11. The van der Waals surface area contributed by atoms with Crippen LogP contribution < -0.4 is 10.1 Å². The molecule has 0 aliphatic heterocycles. The van der Waals surface area contributed by atoms with Gasteiger partial charge in [-0.3, -0.25) is 19.7 Å². The molecule has 0 saturated heterocycles. The van der Waals surface area contributed by atoms with Gasteiger partial charge in [-0.25, -0.2) is 0 Å². The normalized spacial score (nSPS) is 10.4. The number of nitrogens with zero attached hydrogens (tertiary/aromatic N) is 1. The number of rotatable bonds is 7. The minimum atomic E-state index is -0.630. The first-order valence-corrected chi connectivity index (χ1v) is 8.72. The third kappa shape index (κ3) is 4.86. The molecular formula is C21H18N2O6. The van der Waals surface area contributed by atoms with E-state index in [4.69, 9.17) is 9.47 Å². The summed E-state index contributed by atoms with van der Waals surface area (Å²) >= 11 is 0. The molecular weight excluding hydrogens is 376 g/mol. The van der Waals surface area contributed by atoms with E-state index in [0.29, 0.717) is 0 Å². The van der Waals surface area contributed by atoms with Gasteiger partial charge in [0.05, 0.1) is 24.1 Å². The highest BCUT2D eigenvalue weighted by Gasteiger charge is 2.15. The zero-order valence-corrected chi connectivity index (χ0v) is 15.6. The summed E-state index contributed by atoms with van der Waals surface area (Å²) in [6.07, 6.45) is 0.0226. The van der Waals surface area contributed by atoms with Crippen molar-refractivity contribution in [3.8, 4) is 5.75 Å². The molecule has 0 saturated carbocycles. The van der Waals surface area contributed by atoms with Gasteiger partial charge >= 0.3 is 5.97 Å². The van der Waals surface area contributed by atoms with Gasteiger partial charge < -0.3 is 14.8 Å². The maximum Gasteiger partial charge on any atom is 0.310 e. The number of hydrogen-bond acceptors (Lipinski definition) is 6. The third-order valence-electron chi connectivity index (χ3n) is 4.25. The molecule has 148 valence electrons. The third-order valence-corrected chi connectivity index (χ3v) is 4.25. The number of carbonyl (C=O) groups is 2. The number of fused-ring (bicyclic) bond motifs is 1. The standard InChI is InChI=1S/C21H18N2O6/c1-28-19-10-9-16(23(26)27)12-18(19)22-20(24)13-29-21(25)11-15-7-4-6-14-5-2-3-8-17(14)15/h2-10,12H,11,13H2,1H3,(H,22,24). The molecule has 0 fully saturated rings. The van der Waals surface area contributed by atoms with E-state index in [2.05, 4.69) is 5.32 Å². The summed E-state index contributed by atoms with van der Waals surface area (Å²) in [5.41, 5.74) is 0.722. The van der Waals surface area contributed by atoms with Gasteiger partial charge in [-0.2, -0.15) is 0 Å². The molecule has 8 nitrogen and oxygen atoms in total. The Balaban J connectivity index is 1.61. The lowest BCUT2D eigenvalue weighted by molar-refractivity contribution is -0.384. The Kier molecular flexibility index (Phi) is 6.03. The number of nitro groups is 1. The van der Waals surface area contributed by atoms with Gasteiger partial charge in [-0.1, -0.05) is 42.5 Å². The highest BCUT2D eigenvalue weighted by atomic mass is 16.6. The zero-order valence-electron chi connectivity index (χ0n) is 15.6. The average Bonchev–Trinajstić information content (AvgIpc) is 2.72. The fourth-order valence-corrected chi connectivity index (χ4v) is 2.89. The van der Waals surface area contributed by atoms with E-state index < -0.39 is 23.4 Å². The molecule has 0 aliphatic rings. The molecule has 0 atom stereocenters. The van der Waals surface area contributed by atoms with Crippen molar-refractivity contribution in [3.05, 3.63) is 76.3 Å². The fraction of sp³-hybridized carbons (Fsp3) is 0.143. The Morgan fingerprint density at radius 2 is 1.83 bits per heavy atom. The highest BCUT2D eigenvalue weighted by Crippen LogP contribution is 2.28. The van der Waals surface area contributed by atoms with Crippen LogP contribution in [0.5, 0.6) is 5.75 Å². The van der Waals surface area contributed by atoms with Crippen LogP contribution in [0.2, 0.25) is 0 Å². The van der Waals surface area contributed by atoms with Crippen molar-refractivity contribution in [1.82, 2.24) is 0 Å². The number of ether oxygens (including phenoxy) is 2. The van der Waals surface area contributed by atoms with Crippen molar-refractivity contribution in [2.24, 2.45) is 0 Å². The lowest BCUT2D eigenvalue weighted by atomic mass is 10.0. The van der Waals surface area contributed by atoms with E-state index in [0.717, 1.165) is 16.3 Å². The van der Waals surface area contributed by atoms with E-state index in [1.807, 2.05) is 42.5 Å². The van der Waals surface area contributed by atoms with Crippen molar-refractivity contribution < 1.29 is 24.0 Å². The quantitative estimate of drug-likeness (QED) is 0.373. The Hall–Kier alpha value is -3.94. The molecule has 1 N–H and O–H groups in total. The number of hydrogen-bond donors (Lipinski definition) is 1. The summed E-state index contributed by atoms with van der Waals surface area (Å²) in [6, 6.07) is 17.1. The summed E-state index contributed by atoms with van der Waals surface area (Å²) in [5, 5.41) is 15.3. The highest BCUT2D eigenvalue weighted by molar-refractivity contribution is 5.95. The van der Waals surface area contributed by atoms with Crippen LogP contribution in [0.1, 0.15) is 5.56 Å². The summed E-state index contributed by atoms with van der Waals surface area (Å²) in [5.74, 6) is -0.927. The predicted octanol–water partition coefficient (Wildman–Crippen LogP) is 3.48. The average molecular weight is 394 g/mol. The fourth-order valence-electron chi connectivity index (χ4n) is 2.89. The summed E-state index contributed by atoms with van der Waals surface area (Å²) in [4.78, 5) is 34.6. The van der Waals surface area contributed by atoms with Gasteiger partial charge in [-0.15, -0.1) is 0 Å². The number of amides is 1. The number of carbonyl (C=O) groups excluding carboxylic acids is 2. The second kappa shape index (κ2) is 8.83. The molecule has 0 aromatic heterocycles. The van der Waals surface area contributed by atoms with Gasteiger partial charge in [0, 0.05) is 12.1 Å². The van der Waals surface area contributed by atoms with Gasteiger partial charge in [0.1, 0.15) is 5.75 Å². The minimum Gasteiger partial charge on any atom is -0.495 e. The summed E-state index contributed by atoms with van der Waals surface area (Å²) < 4.78 is 10.1. The monoisotopic (exact) mass is 394 g/mol. The number of esters is 1. The van der Waals surface area contributed by atoms with Crippen LogP contribution in [0.4, 0.5) is 11.4 Å². The maximum absolute atomic E-state index is 12.2. The first-order valence-electron chi connectivity index (χ1n) is 8.72. The van der Waals surface area contributed by atoms with Crippen LogP contribution >= 0.6 is 0 Å². The van der Waals surface area contributed by atoms with E-state index >= 15 is 0 Å². The van der Waals surface area contributed by atoms with E-state index in [1.54, 1.807) is 0 Å². The summed E-state index contributed by atoms with van der Waals surface area (Å²) in [6.45, 7) is -0.518. The predicted molar refractivity (Wildman–Crippen MR) is 107 cm³/mol. The van der Waals surface area contributed by atoms with E-state index in [-0.39, 0.29) is 23.5 Å². The molecule has 1 amide bonds. The molecule has 3 aromatic rings. The van der Waals surface area contributed by atoms with Crippen LogP contribution in [0, 0.1) is 10.1 Å². The maximum atomic E-state index is 12.2.